The quantitative estimate of drug-likeness (QED) is 0.665. The molecule has 2 unspecified atom stereocenters. The standard InChI is InChI=1S/C20H22N8O/c1-3-21-12-20(8-14(13(2)27-20)17-11-22-4-5-24-17)9-16-18(25-7-6-23-16)15-10-26-28-19(15)29/h4-11,15,21,23H,3,12H2,1-2H3,(H,28,29). The van der Waals surface area contributed by atoms with Gasteiger partial charge < -0.3 is 10.6 Å². The number of carbonyl (C=O) groups excluding carboxylic acids is 1. The second kappa shape index (κ2) is 7.88. The third kappa shape index (κ3) is 3.77. The molecule has 9 heteroatoms. The first kappa shape index (κ1) is 18.9. The van der Waals surface area contributed by atoms with Crippen molar-refractivity contribution in [1.82, 2.24) is 26.0 Å². The monoisotopic (exact) mass is 390 g/mol. The number of rotatable bonds is 6. The highest BCUT2D eigenvalue weighted by Crippen LogP contribution is 2.31. The Labute approximate surface area is 168 Å². The number of hydrazone groups is 1. The normalized spacial score (nSPS) is 26.8. The van der Waals surface area contributed by atoms with Gasteiger partial charge in [0.05, 0.1) is 23.3 Å². The van der Waals surface area contributed by atoms with Crippen molar-refractivity contribution < 1.29 is 4.79 Å². The summed E-state index contributed by atoms with van der Waals surface area (Å²) in [5, 5.41) is 10.5. The molecule has 29 heavy (non-hydrogen) atoms. The van der Waals surface area contributed by atoms with Crippen LogP contribution in [-0.2, 0) is 4.79 Å². The second-order valence-electron chi connectivity index (χ2n) is 6.88. The van der Waals surface area contributed by atoms with Gasteiger partial charge in [-0.25, -0.2) is 5.43 Å². The van der Waals surface area contributed by atoms with E-state index >= 15 is 0 Å². The lowest BCUT2D eigenvalue weighted by molar-refractivity contribution is -0.120. The van der Waals surface area contributed by atoms with Crippen LogP contribution in [0.25, 0.3) is 5.57 Å². The number of aromatic nitrogens is 2. The molecule has 0 aromatic carbocycles. The fraction of sp³-hybridized carbons (Fsp3) is 0.300. The van der Waals surface area contributed by atoms with Crippen LogP contribution in [0.4, 0.5) is 0 Å². The number of nitrogens with one attached hydrogen (secondary N) is 3. The molecule has 0 spiro atoms. The van der Waals surface area contributed by atoms with Crippen LogP contribution in [0.3, 0.4) is 0 Å². The molecular formula is C20H22N8O. The molecule has 9 nitrogen and oxygen atoms in total. The number of likely N-dealkylation sites (N-methyl/N-ethyl adjacent to an activating group) is 1. The van der Waals surface area contributed by atoms with Gasteiger partial charge in [0.1, 0.15) is 11.5 Å². The van der Waals surface area contributed by atoms with Gasteiger partial charge in [-0.05, 0) is 25.6 Å². The largest absolute Gasteiger partial charge is 0.359 e. The highest BCUT2D eigenvalue weighted by Gasteiger charge is 2.35. The molecule has 0 saturated carbocycles. The first-order chi connectivity index (χ1) is 14.1. The van der Waals surface area contributed by atoms with Gasteiger partial charge in [0, 0.05) is 48.8 Å². The molecule has 1 aromatic rings. The van der Waals surface area contributed by atoms with Gasteiger partial charge in [0.2, 0.25) is 0 Å². The minimum absolute atomic E-state index is 0.200. The van der Waals surface area contributed by atoms with Crippen molar-refractivity contribution in [2.75, 3.05) is 13.1 Å². The number of aliphatic imine (C=N–C) groups is 2. The Balaban J connectivity index is 1.75. The molecule has 0 radical (unpaired) electrons. The maximum atomic E-state index is 12.1. The van der Waals surface area contributed by atoms with E-state index in [0.29, 0.717) is 12.3 Å². The van der Waals surface area contributed by atoms with E-state index in [-0.39, 0.29) is 5.91 Å². The van der Waals surface area contributed by atoms with E-state index in [1.807, 2.05) is 19.9 Å². The first-order valence-corrected chi connectivity index (χ1v) is 9.44. The van der Waals surface area contributed by atoms with E-state index < -0.39 is 11.5 Å². The Morgan fingerprint density at radius 3 is 2.97 bits per heavy atom. The summed E-state index contributed by atoms with van der Waals surface area (Å²) < 4.78 is 0. The molecular weight excluding hydrogens is 368 g/mol. The number of allylic oxidation sites excluding steroid dienone is 2. The van der Waals surface area contributed by atoms with E-state index in [2.05, 4.69) is 42.2 Å². The highest BCUT2D eigenvalue weighted by molar-refractivity contribution is 6.25. The molecule has 2 atom stereocenters. The van der Waals surface area contributed by atoms with Gasteiger partial charge in [-0.1, -0.05) is 6.92 Å². The Morgan fingerprint density at radius 2 is 2.24 bits per heavy atom. The molecule has 4 heterocycles. The summed E-state index contributed by atoms with van der Waals surface area (Å²) in [7, 11) is 0. The summed E-state index contributed by atoms with van der Waals surface area (Å²) >= 11 is 0. The van der Waals surface area contributed by atoms with Crippen LogP contribution in [0.2, 0.25) is 0 Å². The molecule has 3 N–H and O–H groups in total. The van der Waals surface area contributed by atoms with Gasteiger partial charge in [-0.15, -0.1) is 0 Å². The zero-order chi connectivity index (χ0) is 20.3. The van der Waals surface area contributed by atoms with Crippen LogP contribution in [0, 0.1) is 5.92 Å². The predicted octanol–water partition coefficient (Wildman–Crippen LogP) is 0.814. The van der Waals surface area contributed by atoms with Gasteiger partial charge in [-0.2, -0.15) is 5.10 Å². The summed E-state index contributed by atoms with van der Waals surface area (Å²) in [5.74, 6) is -0.737. The third-order valence-electron chi connectivity index (χ3n) is 4.83. The van der Waals surface area contributed by atoms with Crippen LogP contribution in [0.1, 0.15) is 19.5 Å². The van der Waals surface area contributed by atoms with Gasteiger partial charge >= 0.3 is 0 Å². The lowest BCUT2D eigenvalue weighted by Gasteiger charge is -2.25. The van der Waals surface area contributed by atoms with Gasteiger partial charge in [-0.3, -0.25) is 24.7 Å². The van der Waals surface area contributed by atoms with Crippen molar-refractivity contribution in [2.24, 2.45) is 21.0 Å². The zero-order valence-electron chi connectivity index (χ0n) is 16.3. The summed E-state index contributed by atoms with van der Waals surface area (Å²) in [5.41, 5.74) is 5.75. The summed E-state index contributed by atoms with van der Waals surface area (Å²) in [6, 6.07) is 0. The smallest absolute Gasteiger partial charge is 0.254 e. The van der Waals surface area contributed by atoms with E-state index in [1.165, 1.54) is 0 Å². The maximum Gasteiger partial charge on any atom is 0.254 e. The fourth-order valence-corrected chi connectivity index (χ4v) is 3.51. The Hall–Kier alpha value is -3.46. The molecule has 3 aliphatic rings. The van der Waals surface area contributed by atoms with Gasteiger partial charge in [0.25, 0.3) is 5.91 Å². The maximum absolute atomic E-state index is 12.1. The van der Waals surface area contributed by atoms with Crippen molar-refractivity contribution in [1.29, 1.82) is 0 Å². The van der Waals surface area contributed by atoms with Gasteiger partial charge in [0.15, 0.2) is 0 Å². The van der Waals surface area contributed by atoms with Crippen molar-refractivity contribution >= 4 is 29.1 Å². The van der Waals surface area contributed by atoms with Crippen molar-refractivity contribution in [3.63, 3.8) is 0 Å². The minimum atomic E-state index is -0.645. The van der Waals surface area contributed by atoms with Crippen molar-refractivity contribution in [2.45, 2.75) is 19.4 Å². The van der Waals surface area contributed by atoms with Crippen LogP contribution < -0.4 is 16.1 Å². The van der Waals surface area contributed by atoms with Crippen molar-refractivity contribution in [3.8, 4) is 0 Å². The second-order valence-corrected chi connectivity index (χ2v) is 6.88. The van der Waals surface area contributed by atoms with Crippen LogP contribution >= 0.6 is 0 Å². The molecule has 3 aliphatic heterocycles. The number of carbonyl (C=O) groups is 1. The molecule has 1 amide bonds. The first-order valence-electron chi connectivity index (χ1n) is 9.44. The zero-order valence-corrected chi connectivity index (χ0v) is 16.3. The van der Waals surface area contributed by atoms with E-state index in [9.17, 15) is 4.79 Å². The average molecular weight is 390 g/mol. The minimum Gasteiger partial charge on any atom is -0.359 e. The Bertz CT molecular complexity index is 989. The molecule has 1 aromatic heterocycles. The Kier molecular flexibility index (Phi) is 5.13. The third-order valence-corrected chi connectivity index (χ3v) is 4.83. The fourth-order valence-electron chi connectivity index (χ4n) is 3.51. The van der Waals surface area contributed by atoms with E-state index in [4.69, 9.17) is 4.99 Å². The number of hydrogen-bond donors (Lipinski definition) is 3. The van der Waals surface area contributed by atoms with Crippen LogP contribution in [-0.4, -0.2) is 52.1 Å². The lowest BCUT2D eigenvalue weighted by atomic mass is 9.92. The number of amides is 1. The van der Waals surface area contributed by atoms with Crippen LogP contribution in [0.5, 0.6) is 0 Å². The van der Waals surface area contributed by atoms with E-state index in [1.54, 1.807) is 37.2 Å². The summed E-state index contributed by atoms with van der Waals surface area (Å²) in [6.07, 6.45) is 14.1. The van der Waals surface area contributed by atoms with Crippen molar-refractivity contribution in [3.05, 3.63) is 54.5 Å². The average Bonchev–Trinajstić information content (AvgIpc) is 3.31. The van der Waals surface area contributed by atoms with E-state index in [0.717, 1.165) is 29.2 Å². The highest BCUT2D eigenvalue weighted by atomic mass is 16.2. The molecule has 0 bridgehead atoms. The molecule has 0 fully saturated rings. The summed E-state index contributed by atoms with van der Waals surface area (Å²) in [4.78, 5) is 30.1. The number of hydrogen-bond acceptors (Lipinski definition) is 8. The lowest BCUT2D eigenvalue weighted by Crippen LogP contribution is -2.38. The number of nitrogens with zero attached hydrogens (tertiary/aromatic N) is 5. The molecule has 4 rings (SSSR count). The SMILES string of the molecule is CCNCC1(C=C2NC=CN=C2C2C=NNC2=O)C=C(c2cnccn2)C(C)=N1. The topological polar surface area (TPSA) is 116 Å². The molecule has 0 saturated heterocycles. The molecule has 0 aliphatic carbocycles. The Morgan fingerprint density at radius 1 is 1.34 bits per heavy atom. The summed E-state index contributed by atoms with van der Waals surface area (Å²) in [6.45, 7) is 5.41. The predicted molar refractivity (Wildman–Crippen MR) is 112 cm³/mol. The molecule has 148 valence electrons. The van der Waals surface area contributed by atoms with Crippen LogP contribution in [0.15, 0.2) is 63.9 Å².